The summed E-state index contributed by atoms with van der Waals surface area (Å²) in [4.78, 5) is 12.6. The topological polar surface area (TPSA) is 59.0 Å². The summed E-state index contributed by atoms with van der Waals surface area (Å²) in [5.74, 6) is -1.44. The highest BCUT2D eigenvalue weighted by molar-refractivity contribution is 5.69. The van der Waals surface area contributed by atoms with E-state index in [4.69, 9.17) is 14.6 Å². The molecule has 3 aromatic carbocycles. The van der Waals surface area contributed by atoms with Crippen LogP contribution in [-0.2, 0) is 4.79 Å². The molecular formula is C24H23F2NO4. The van der Waals surface area contributed by atoms with E-state index in [1.165, 1.54) is 6.07 Å². The quantitative estimate of drug-likeness (QED) is 0.477. The number of carbonyl (C=O) groups is 1. The molecule has 0 aliphatic rings. The van der Waals surface area contributed by atoms with Gasteiger partial charge >= 0.3 is 5.97 Å². The number of hydrogen-bond acceptors (Lipinski definition) is 4. The van der Waals surface area contributed by atoms with Gasteiger partial charge in [0.15, 0.2) is 11.6 Å². The molecule has 31 heavy (non-hydrogen) atoms. The number of nitrogens with zero attached hydrogens (tertiary/aromatic N) is 1. The lowest BCUT2D eigenvalue weighted by molar-refractivity contribution is -0.138. The van der Waals surface area contributed by atoms with Crippen LogP contribution >= 0.6 is 0 Å². The van der Waals surface area contributed by atoms with Gasteiger partial charge in [0.05, 0.1) is 6.54 Å². The monoisotopic (exact) mass is 427 g/mol. The van der Waals surface area contributed by atoms with Gasteiger partial charge in [-0.2, -0.15) is 0 Å². The van der Waals surface area contributed by atoms with Gasteiger partial charge in [-0.25, -0.2) is 8.78 Å². The summed E-state index contributed by atoms with van der Waals surface area (Å²) in [6.45, 7) is 0.490. The highest BCUT2D eigenvalue weighted by Crippen LogP contribution is 2.29. The molecule has 0 saturated carbocycles. The maximum Gasteiger partial charge on any atom is 0.317 e. The third-order valence-corrected chi connectivity index (χ3v) is 4.57. The normalized spacial score (nSPS) is 11.9. The molecule has 3 aromatic rings. The molecule has 0 heterocycles. The van der Waals surface area contributed by atoms with Crippen molar-refractivity contribution in [1.29, 1.82) is 0 Å². The molecule has 0 saturated heterocycles. The largest absolute Gasteiger partial charge is 0.486 e. The van der Waals surface area contributed by atoms with Crippen molar-refractivity contribution in [2.24, 2.45) is 0 Å². The van der Waals surface area contributed by atoms with E-state index in [0.717, 1.165) is 17.7 Å². The first kappa shape index (κ1) is 22.2. The zero-order chi connectivity index (χ0) is 22.2. The molecule has 1 unspecified atom stereocenters. The number of likely N-dealkylation sites (N-methyl/N-ethyl adjacent to an activating group) is 1. The fourth-order valence-corrected chi connectivity index (χ4v) is 3.04. The van der Waals surface area contributed by atoms with Crippen molar-refractivity contribution in [3.63, 3.8) is 0 Å². The predicted octanol–water partition coefficient (Wildman–Crippen LogP) is 5.28. The van der Waals surface area contributed by atoms with Crippen LogP contribution in [0, 0.1) is 11.6 Å². The van der Waals surface area contributed by atoms with Crippen LogP contribution in [0.3, 0.4) is 0 Å². The SMILES string of the molecule is CN(CCC(Oc1ccc(Oc2ccc(F)cc2F)cc1)c1ccccc1)CC(=O)O. The van der Waals surface area contributed by atoms with Crippen molar-refractivity contribution >= 4 is 5.97 Å². The molecule has 7 heteroatoms. The van der Waals surface area contributed by atoms with Crippen LogP contribution in [0.5, 0.6) is 17.2 Å². The van der Waals surface area contributed by atoms with Gasteiger partial charge in [0.2, 0.25) is 0 Å². The lowest BCUT2D eigenvalue weighted by Crippen LogP contribution is -2.28. The number of rotatable bonds is 10. The Labute approximate surface area is 179 Å². The number of carboxylic acid groups (broad SMARTS) is 1. The number of carboxylic acids is 1. The minimum atomic E-state index is -0.882. The summed E-state index contributed by atoms with van der Waals surface area (Å²) in [6, 6.07) is 19.5. The van der Waals surface area contributed by atoms with Crippen LogP contribution in [0.25, 0.3) is 0 Å². The maximum atomic E-state index is 13.8. The molecule has 0 aliphatic heterocycles. The van der Waals surface area contributed by atoms with Crippen molar-refractivity contribution in [1.82, 2.24) is 4.90 Å². The van der Waals surface area contributed by atoms with E-state index in [1.54, 1.807) is 36.2 Å². The molecule has 1 N–H and O–H groups in total. The van der Waals surface area contributed by atoms with Crippen LogP contribution in [0.4, 0.5) is 8.78 Å². The van der Waals surface area contributed by atoms with Crippen LogP contribution in [0.15, 0.2) is 72.8 Å². The highest BCUT2D eigenvalue weighted by Gasteiger charge is 2.16. The third kappa shape index (κ3) is 6.79. The first-order valence-electron chi connectivity index (χ1n) is 9.75. The summed E-state index contributed by atoms with van der Waals surface area (Å²) < 4.78 is 38.4. The maximum absolute atomic E-state index is 13.8. The van der Waals surface area contributed by atoms with Gasteiger partial charge in [0, 0.05) is 19.0 Å². The van der Waals surface area contributed by atoms with Crippen molar-refractivity contribution < 1.29 is 28.2 Å². The minimum Gasteiger partial charge on any atom is -0.486 e. The summed E-state index contributed by atoms with van der Waals surface area (Å²) in [5.41, 5.74) is 0.972. The number of benzene rings is 3. The smallest absolute Gasteiger partial charge is 0.317 e. The van der Waals surface area contributed by atoms with Crippen LogP contribution in [0.1, 0.15) is 18.1 Å². The van der Waals surface area contributed by atoms with Crippen molar-refractivity contribution in [3.05, 3.63) is 90.0 Å². The first-order chi connectivity index (χ1) is 14.9. The first-order valence-corrected chi connectivity index (χ1v) is 9.75. The molecule has 0 bridgehead atoms. The van der Waals surface area contributed by atoms with Crippen LogP contribution in [0.2, 0.25) is 0 Å². The Balaban J connectivity index is 1.68. The fourth-order valence-electron chi connectivity index (χ4n) is 3.04. The molecule has 3 rings (SSSR count). The van der Waals surface area contributed by atoms with E-state index in [0.29, 0.717) is 24.5 Å². The van der Waals surface area contributed by atoms with Gasteiger partial charge in [-0.05, 0) is 49.0 Å². The Morgan fingerprint density at radius 3 is 2.32 bits per heavy atom. The number of ether oxygens (including phenoxy) is 2. The van der Waals surface area contributed by atoms with Gasteiger partial charge in [-0.15, -0.1) is 0 Å². The van der Waals surface area contributed by atoms with E-state index in [9.17, 15) is 13.6 Å². The highest BCUT2D eigenvalue weighted by atomic mass is 19.1. The Morgan fingerprint density at radius 1 is 1.00 bits per heavy atom. The number of hydrogen-bond donors (Lipinski definition) is 1. The van der Waals surface area contributed by atoms with E-state index in [-0.39, 0.29) is 18.4 Å². The number of aliphatic carboxylic acids is 1. The average molecular weight is 427 g/mol. The third-order valence-electron chi connectivity index (χ3n) is 4.57. The lowest BCUT2D eigenvalue weighted by Gasteiger charge is -2.22. The Bertz CT molecular complexity index is 996. The molecular weight excluding hydrogens is 404 g/mol. The van der Waals surface area contributed by atoms with Crippen molar-refractivity contribution in [2.45, 2.75) is 12.5 Å². The molecule has 1 atom stereocenters. The minimum absolute atomic E-state index is 0.0481. The van der Waals surface area contributed by atoms with Gasteiger partial charge in [-0.3, -0.25) is 9.69 Å². The predicted molar refractivity (Wildman–Crippen MR) is 112 cm³/mol. The zero-order valence-electron chi connectivity index (χ0n) is 17.0. The molecule has 0 aliphatic carbocycles. The lowest BCUT2D eigenvalue weighted by atomic mass is 10.1. The van der Waals surface area contributed by atoms with E-state index >= 15 is 0 Å². The van der Waals surface area contributed by atoms with Gasteiger partial charge < -0.3 is 14.6 Å². The zero-order valence-corrected chi connectivity index (χ0v) is 17.0. The van der Waals surface area contributed by atoms with E-state index in [1.807, 2.05) is 30.3 Å². The standard InChI is InChI=1S/C24H23F2NO4/c1-27(16-24(28)29)14-13-22(17-5-3-2-4-6-17)30-19-8-10-20(11-9-19)31-23-12-7-18(25)15-21(23)26/h2-12,15,22H,13-14,16H2,1H3,(H,28,29). The number of halogens is 2. The fraction of sp³-hybridized carbons (Fsp3) is 0.208. The summed E-state index contributed by atoms with van der Waals surface area (Å²) in [6.07, 6.45) is 0.311. The molecule has 0 amide bonds. The van der Waals surface area contributed by atoms with Crippen molar-refractivity contribution in [2.75, 3.05) is 20.1 Å². The van der Waals surface area contributed by atoms with E-state index < -0.39 is 17.6 Å². The molecule has 5 nitrogen and oxygen atoms in total. The van der Waals surface area contributed by atoms with Gasteiger partial charge in [-0.1, -0.05) is 30.3 Å². The second-order valence-corrected chi connectivity index (χ2v) is 7.09. The second kappa shape index (κ2) is 10.5. The molecule has 0 fully saturated rings. The molecule has 162 valence electrons. The van der Waals surface area contributed by atoms with Crippen LogP contribution in [-0.4, -0.2) is 36.1 Å². The Kier molecular flexibility index (Phi) is 7.56. The molecule has 0 aromatic heterocycles. The average Bonchev–Trinajstić information content (AvgIpc) is 2.74. The van der Waals surface area contributed by atoms with Crippen LogP contribution < -0.4 is 9.47 Å². The summed E-state index contributed by atoms with van der Waals surface area (Å²) >= 11 is 0. The second-order valence-electron chi connectivity index (χ2n) is 7.09. The van der Waals surface area contributed by atoms with Gasteiger partial charge in [0.1, 0.15) is 23.4 Å². The van der Waals surface area contributed by atoms with Gasteiger partial charge in [0.25, 0.3) is 0 Å². The molecule has 0 spiro atoms. The Hall–Kier alpha value is -3.45. The van der Waals surface area contributed by atoms with Crippen molar-refractivity contribution in [3.8, 4) is 17.2 Å². The van der Waals surface area contributed by atoms with E-state index in [2.05, 4.69) is 0 Å². The summed E-state index contributed by atoms with van der Waals surface area (Å²) in [7, 11) is 1.75. The summed E-state index contributed by atoms with van der Waals surface area (Å²) in [5, 5.41) is 8.94. The Morgan fingerprint density at radius 2 is 1.68 bits per heavy atom. The molecule has 0 radical (unpaired) electrons.